The Bertz CT molecular complexity index is 432. The molecule has 0 bridgehead atoms. The van der Waals surface area contributed by atoms with Gasteiger partial charge < -0.3 is 5.11 Å². The zero-order valence-electron chi connectivity index (χ0n) is 11.8. The number of benzene rings is 1. The van der Waals surface area contributed by atoms with Crippen LogP contribution in [0.15, 0.2) is 30.3 Å². The number of hydrogen-bond acceptors (Lipinski definition) is 2. The second kappa shape index (κ2) is 5.74. The van der Waals surface area contributed by atoms with Crippen LogP contribution in [0, 0.1) is 0 Å². The van der Waals surface area contributed by atoms with Gasteiger partial charge in [-0.25, -0.2) is 0 Å². The Kier molecular flexibility index (Phi) is 4.25. The van der Waals surface area contributed by atoms with E-state index in [1.54, 1.807) is 0 Å². The first-order chi connectivity index (χ1) is 9.07. The SMILES string of the molecule is CCC(C(=O)O)N1CCCC(C)(c2ccccc2)C1. The molecule has 1 N–H and O–H groups in total. The highest BCUT2D eigenvalue weighted by Crippen LogP contribution is 2.34. The van der Waals surface area contributed by atoms with Crippen LogP contribution >= 0.6 is 0 Å². The molecule has 0 spiro atoms. The minimum atomic E-state index is -0.695. The fourth-order valence-electron chi connectivity index (χ4n) is 3.21. The van der Waals surface area contributed by atoms with E-state index in [9.17, 15) is 9.90 Å². The van der Waals surface area contributed by atoms with Crippen molar-refractivity contribution in [3.63, 3.8) is 0 Å². The third-order valence-corrected chi connectivity index (χ3v) is 4.31. The summed E-state index contributed by atoms with van der Waals surface area (Å²) in [7, 11) is 0. The molecule has 19 heavy (non-hydrogen) atoms. The van der Waals surface area contributed by atoms with Crippen LogP contribution in [-0.4, -0.2) is 35.1 Å². The molecule has 2 atom stereocenters. The van der Waals surface area contributed by atoms with Gasteiger partial charge in [0, 0.05) is 12.0 Å². The molecule has 1 saturated heterocycles. The van der Waals surface area contributed by atoms with Crippen molar-refractivity contribution in [2.24, 2.45) is 0 Å². The number of piperidine rings is 1. The first kappa shape index (κ1) is 14.1. The van der Waals surface area contributed by atoms with Gasteiger partial charge in [-0.3, -0.25) is 9.69 Å². The Morgan fingerprint density at radius 1 is 1.42 bits per heavy atom. The lowest BCUT2D eigenvalue weighted by atomic mass is 9.75. The minimum Gasteiger partial charge on any atom is -0.480 e. The Morgan fingerprint density at radius 2 is 2.11 bits per heavy atom. The Labute approximate surface area is 115 Å². The van der Waals surface area contributed by atoms with Crippen LogP contribution in [0.1, 0.15) is 38.7 Å². The summed E-state index contributed by atoms with van der Waals surface area (Å²) in [6.45, 7) is 5.94. The van der Waals surface area contributed by atoms with E-state index in [2.05, 4.69) is 36.1 Å². The van der Waals surface area contributed by atoms with Crippen LogP contribution in [-0.2, 0) is 10.2 Å². The molecule has 0 radical (unpaired) electrons. The van der Waals surface area contributed by atoms with Gasteiger partial charge >= 0.3 is 5.97 Å². The number of hydrogen-bond donors (Lipinski definition) is 1. The summed E-state index contributed by atoms with van der Waals surface area (Å²) in [6.07, 6.45) is 2.86. The number of rotatable bonds is 4. The van der Waals surface area contributed by atoms with E-state index >= 15 is 0 Å². The summed E-state index contributed by atoms with van der Waals surface area (Å²) in [5.41, 5.74) is 1.39. The number of carboxylic acids is 1. The van der Waals surface area contributed by atoms with Gasteiger partial charge in [-0.05, 0) is 31.4 Å². The maximum atomic E-state index is 11.3. The van der Waals surface area contributed by atoms with Crippen LogP contribution in [0.4, 0.5) is 0 Å². The zero-order valence-corrected chi connectivity index (χ0v) is 11.8. The van der Waals surface area contributed by atoms with Crippen LogP contribution < -0.4 is 0 Å². The van der Waals surface area contributed by atoms with Gasteiger partial charge in [0.05, 0.1) is 0 Å². The van der Waals surface area contributed by atoms with Gasteiger partial charge in [-0.1, -0.05) is 44.2 Å². The quantitative estimate of drug-likeness (QED) is 0.906. The third-order valence-electron chi connectivity index (χ3n) is 4.31. The van der Waals surface area contributed by atoms with Crippen LogP contribution in [0.2, 0.25) is 0 Å². The number of nitrogens with zero attached hydrogens (tertiary/aromatic N) is 1. The van der Waals surface area contributed by atoms with Crippen LogP contribution in [0.5, 0.6) is 0 Å². The zero-order chi connectivity index (χ0) is 13.9. The second-order valence-electron chi connectivity index (χ2n) is 5.76. The largest absolute Gasteiger partial charge is 0.480 e. The first-order valence-electron chi connectivity index (χ1n) is 7.09. The number of likely N-dealkylation sites (tertiary alicyclic amines) is 1. The Balaban J connectivity index is 2.19. The smallest absolute Gasteiger partial charge is 0.320 e. The van der Waals surface area contributed by atoms with Crippen molar-refractivity contribution in [3.8, 4) is 0 Å². The molecule has 1 aromatic carbocycles. The van der Waals surface area contributed by atoms with E-state index in [1.807, 2.05) is 13.0 Å². The first-order valence-corrected chi connectivity index (χ1v) is 7.09. The highest BCUT2D eigenvalue weighted by atomic mass is 16.4. The lowest BCUT2D eigenvalue weighted by Gasteiger charge is -2.43. The van der Waals surface area contributed by atoms with E-state index in [0.717, 1.165) is 25.9 Å². The fraction of sp³-hybridized carbons (Fsp3) is 0.562. The second-order valence-corrected chi connectivity index (χ2v) is 5.76. The van der Waals surface area contributed by atoms with E-state index in [4.69, 9.17) is 0 Å². The monoisotopic (exact) mass is 261 g/mol. The molecular weight excluding hydrogens is 238 g/mol. The molecule has 1 heterocycles. The van der Waals surface area contributed by atoms with Gasteiger partial charge in [-0.15, -0.1) is 0 Å². The molecule has 104 valence electrons. The maximum absolute atomic E-state index is 11.3. The van der Waals surface area contributed by atoms with Crippen molar-refractivity contribution in [2.75, 3.05) is 13.1 Å². The summed E-state index contributed by atoms with van der Waals surface area (Å²) in [6, 6.07) is 10.1. The predicted molar refractivity (Wildman–Crippen MR) is 76.3 cm³/mol. The summed E-state index contributed by atoms with van der Waals surface area (Å²) in [5.74, 6) is -0.695. The lowest BCUT2D eigenvalue weighted by molar-refractivity contribution is -0.144. The molecule has 0 aromatic heterocycles. The average Bonchev–Trinajstić information content (AvgIpc) is 2.40. The number of carbonyl (C=O) groups is 1. The van der Waals surface area contributed by atoms with E-state index < -0.39 is 5.97 Å². The van der Waals surface area contributed by atoms with Crippen molar-refractivity contribution >= 4 is 5.97 Å². The standard InChI is InChI=1S/C16H23NO2/c1-3-14(15(18)19)17-11-7-10-16(2,12-17)13-8-5-4-6-9-13/h4-6,8-9,14H,3,7,10-12H2,1-2H3,(H,18,19). The molecule has 1 aliphatic heterocycles. The maximum Gasteiger partial charge on any atom is 0.320 e. The summed E-state index contributed by atoms with van der Waals surface area (Å²) >= 11 is 0. The highest BCUT2D eigenvalue weighted by Gasteiger charge is 2.36. The molecule has 0 amide bonds. The van der Waals surface area contributed by atoms with E-state index in [0.29, 0.717) is 6.42 Å². The molecule has 0 aliphatic carbocycles. The van der Waals surface area contributed by atoms with Gasteiger partial charge in [0.2, 0.25) is 0 Å². The van der Waals surface area contributed by atoms with Gasteiger partial charge in [0.15, 0.2) is 0 Å². The molecule has 1 aromatic rings. The molecule has 1 fully saturated rings. The van der Waals surface area contributed by atoms with Crippen molar-refractivity contribution in [2.45, 2.75) is 44.6 Å². The van der Waals surface area contributed by atoms with Gasteiger partial charge in [0.25, 0.3) is 0 Å². The van der Waals surface area contributed by atoms with Crippen molar-refractivity contribution in [3.05, 3.63) is 35.9 Å². The number of carboxylic acid groups (broad SMARTS) is 1. The minimum absolute atomic E-state index is 0.0718. The molecule has 0 saturated carbocycles. The topological polar surface area (TPSA) is 40.5 Å². The highest BCUT2D eigenvalue weighted by molar-refractivity contribution is 5.73. The van der Waals surface area contributed by atoms with Crippen LogP contribution in [0.25, 0.3) is 0 Å². The summed E-state index contributed by atoms with van der Waals surface area (Å²) in [5, 5.41) is 9.32. The van der Waals surface area contributed by atoms with Crippen LogP contribution in [0.3, 0.4) is 0 Å². The molecule has 3 heteroatoms. The van der Waals surface area contributed by atoms with E-state index in [1.165, 1.54) is 5.56 Å². The molecule has 2 rings (SSSR count). The Hall–Kier alpha value is -1.35. The molecular formula is C16H23NO2. The van der Waals surface area contributed by atoms with E-state index in [-0.39, 0.29) is 11.5 Å². The van der Waals surface area contributed by atoms with Crippen molar-refractivity contribution in [1.29, 1.82) is 0 Å². The Morgan fingerprint density at radius 3 is 2.68 bits per heavy atom. The number of aliphatic carboxylic acids is 1. The molecule has 3 nitrogen and oxygen atoms in total. The summed E-state index contributed by atoms with van der Waals surface area (Å²) in [4.78, 5) is 13.5. The van der Waals surface area contributed by atoms with Gasteiger partial charge in [-0.2, -0.15) is 0 Å². The van der Waals surface area contributed by atoms with Gasteiger partial charge in [0.1, 0.15) is 6.04 Å². The summed E-state index contributed by atoms with van der Waals surface area (Å²) < 4.78 is 0. The van der Waals surface area contributed by atoms with Crippen molar-refractivity contribution < 1.29 is 9.90 Å². The third kappa shape index (κ3) is 2.98. The van der Waals surface area contributed by atoms with Crippen molar-refractivity contribution in [1.82, 2.24) is 4.90 Å². The normalized spacial score (nSPS) is 26.0. The fourth-order valence-corrected chi connectivity index (χ4v) is 3.21. The lowest BCUT2D eigenvalue weighted by Crippen LogP contribution is -2.51. The molecule has 1 aliphatic rings. The average molecular weight is 261 g/mol. The molecule has 2 unspecified atom stereocenters. The predicted octanol–water partition coefficient (Wildman–Crippen LogP) is 2.90.